The van der Waals surface area contributed by atoms with Crippen molar-refractivity contribution in [2.24, 2.45) is 5.92 Å². The lowest BCUT2D eigenvalue weighted by molar-refractivity contribution is -0.117. The van der Waals surface area contributed by atoms with Crippen molar-refractivity contribution in [3.05, 3.63) is 42.1 Å². The van der Waals surface area contributed by atoms with E-state index in [9.17, 15) is 9.18 Å². The Morgan fingerprint density at radius 2 is 2.22 bits per heavy atom. The standard InChI is InChI=1S/C17H14FN3OS/c1-9-3-2-6-19-15(9)10-4-5-13-14(7-10)23-17(20-13)21-16(22)11-8-12(11)18/h2-7,11-12H,8H2,1H3,(H,20,21,22)/t11-,12+/m1/s1. The van der Waals surface area contributed by atoms with Gasteiger partial charge in [0.05, 0.1) is 21.8 Å². The first-order chi connectivity index (χ1) is 11.1. The number of carbonyl (C=O) groups is 1. The van der Waals surface area contributed by atoms with Crippen molar-refractivity contribution in [3.8, 4) is 11.3 Å². The summed E-state index contributed by atoms with van der Waals surface area (Å²) >= 11 is 1.39. The molecule has 2 aromatic heterocycles. The zero-order valence-electron chi connectivity index (χ0n) is 12.4. The van der Waals surface area contributed by atoms with Gasteiger partial charge in [0.15, 0.2) is 5.13 Å². The van der Waals surface area contributed by atoms with Gasteiger partial charge in [-0.3, -0.25) is 9.78 Å². The van der Waals surface area contributed by atoms with E-state index < -0.39 is 12.1 Å². The van der Waals surface area contributed by atoms with Gasteiger partial charge in [0.25, 0.3) is 0 Å². The highest BCUT2D eigenvalue weighted by Gasteiger charge is 2.43. The van der Waals surface area contributed by atoms with E-state index in [2.05, 4.69) is 15.3 Å². The van der Waals surface area contributed by atoms with Crippen LogP contribution in [0.5, 0.6) is 0 Å². The van der Waals surface area contributed by atoms with Crippen molar-refractivity contribution in [2.75, 3.05) is 5.32 Å². The summed E-state index contributed by atoms with van der Waals surface area (Å²) in [6, 6.07) is 9.84. The van der Waals surface area contributed by atoms with Crippen LogP contribution in [-0.2, 0) is 4.79 Å². The van der Waals surface area contributed by atoms with Crippen LogP contribution in [0.1, 0.15) is 12.0 Å². The van der Waals surface area contributed by atoms with Crippen molar-refractivity contribution in [3.63, 3.8) is 0 Å². The SMILES string of the molecule is Cc1cccnc1-c1ccc2nc(NC(=O)[C@@H]3C[C@@H]3F)sc2c1. The molecular formula is C17H14FN3OS. The molecule has 116 valence electrons. The van der Waals surface area contributed by atoms with Crippen LogP contribution in [0.2, 0.25) is 0 Å². The number of anilines is 1. The number of benzene rings is 1. The highest BCUT2D eigenvalue weighted by Crippen LogP contribution is 2.36. The number of aryl methyl sites for hydroxylation is 1. The summed E-state index contributed by atoms with van der Waals surface area (Å²) in [4.78, 5) is 20.6. The molecule has 4 rings (SSSR count). The first-order valence-electron chi connectivity index (χ1n) is 7.39. The quantitative estimate of drug-likeness (QED) is 0.792. The van der Waals surface area contributed by atoms with Gasteiger partial charge in [-0.15, -0.1) is 0 Å². The average Bonchev–Trinajstić information content (AvgIpc) is 3.13. The summed E-state index contributed by atoms with van der Waals surface area (Å²) in [5.41, 5.74) is 3.87. The first-order valence-corrected chi connectivity index (χ1v) is 8.21. The molecule has 6 heteroatoms. The predicted octanol–water partition coefficient (Wildman–Crippen LogP) is 3.96. The Labute approximate surface area is 136 Å². The summed E-state index contributed by atoms with van der Waals surface area (Å²) in [7, 11) is 0. The number of nitrogens with one attached hydrogen (secondary N) is 1. The minimum absolute atomic E-state index is 0.280. The molecule has 1 amide bonds. The third-order valence-corrected chi connectivity index (χ3v) is 4.88. The monoisotopic (exact) mass is 327 g/mol. The summed E-state index contributed by atoms with van der Waals surface area (Å²) in [6.45, 7) is 2.02. The molecule has 23 heavy (non-hydrogen) atoms. The highest BCUT2D eigenvalue weighted by atomic mass is 32.1. The Kier molecular flexibility index (Phi) is 3.34. The number of fused-ring (bicyclic) bond motifs is 1. The molecule has 3 aromatic rings. The lowest BCUT2D eigenvalue weighted by atomic mass is 10.1. The summed E-state index contributed by atoms with van der Waals surface area (Å²) in [6.07, 6.45) is 1.09. The average molecular weight is 327 g/mol. The largest absolute Gasteiger partial charge is 0.302 e. The second-order valence-corrected chi connectivity index (χ2v) is 6.75. The fourth-order valence-corrected chi connectivity index (χ4v) is 3.45. The molecule has 2 atom stereocenters. The van der Waals surface area contributed by atoms with Crippen molar-refractivity contribution < 1.29 is 9.18 Å². The van der Waals surface area contributed by atoms with Crippen LogP contribution in [0.25, 0.3) is 21.5 Å². The fourth-order valence-electron chi connectivity index (χ4n) is 2.55. The molecule has 0 saturated heterocycles. The number of rotatable bonds is 3. The Bertz CT molecular complexity index is 908. The fraction of sp³-hybridized carbons (Fsp3) is 0.235. The lowest BCUT2D eigenvalue weighted by Crippen LogP contribution is -2.14. The molecule has 0 bridgehead atoms. The molecule has 0 radical (unpaired) electrons. The van der Waals surface area contributed by atoms with E-state index in [1.807, 2.05) is 37.3 Å². The van der Waals surface area contributed by atoms with Gasteiger partial charge >= 0.3 is 0 Å². The van der Waals surface area contributed by atoms with E-state index in [0.29, 0.717) is 11.6 Å². The number of amides is 1. The van der Waals surface area contributed by atoms with E-state index in [1.54, 1.807) is 6.20 Å². The Morgan fingerprint density at radius 3 is 2.96 bits per heavy atom. The predicted molar refractivity (Wildman–Crippen MR) is 89.2 cm³/mol. The molecule has 1 aliphatic carbocycles. The zero-order chi connectivity index (χ0) is 16.0. The normalized spacial score (nSPS) is 19.7. The number of hydrogen-bond acceptors (Lipinski definition) is 4. The molecule has 0 spiro atoms. The van der Waals surface area contributed by atoms with Gasteiger partial charge in [-0.25, -0.2) is 9.37 Å². The van der Waals surface area contributed by atoms with Crippen LogP contribution in [0.15, 0.2) is 36.5 Å². The van der Waals surface area contributed by atoms with Crippen LogP contribution in [-0.4, -0.2) is 22.0 Å². The summed E-state index contributed by atoms with van der Waals surface area (Å²) < 4.78 is 13.9. The van der Waals surface area contributed by atoms with Gasteiger partial charge in [0.2, 0.25) is 5.91 Å². The van der Waals surface area contributed by atoms with E-state index in [-0.39, 0.29) is 5.91 Å². The van der Waals surface area contributed by atoms with Crippen LogP contribution in [0.3, 0.4) is 0 Å². The molecule has 4 nitrogen and oxygen atoms in total. The molecule has 1 aromatic carbocycles. The Hall–Kier alpha value is -2.34. The van der Waals surface area contributed by atoms with Gasteiger partial charge in [-0.05, 0) is 37.1 Å². The molecule has 0 unspecified atom stereocenters. The minimum Gasteiger partial charge on any atom is -0.302 e. The van der Waals surface area contributed by atoms with Gasteiger partial charge in [-0.1, -0.05) is 23.5 Å². The second-order valence-electron chi connectivity index (χ2n) is 5.72. The first kappa shape index (κ1) is 14.3. The van der Waals surface area contributed by atoms with E-state index in [4.69, 9.17) is 0 Å². The van der Waals surface area contributed by atoms with Gasteiger partial charge in [0, 0.05) is 11.8 Å². The van der Waals surface area contributed by atoms with Gasteiger partial charge in [-0.2, -0.15) is 0 Å². The van der Waals surface area contributed by atoms with Crippen LogP contribution >= 0.6 is 11.3 Å². The molecular weight excluding hydrogens is 313 g/mol. The number of pyridine rings is 1. The number of nitrogens with zero attached hydrogens (tertiary/aromatic N) is 2. The van der Waals surface area contributed by atoms with Crippen molar-refractivity contribution in [2.45, 2.75) is 19.5 Å². The van der Waals surface area contributed by atoms with Crippen LogP contribution in [0, 0.1) is 12.8 Å². The molecule has 1 N–H and O–H groups in total. The number of halogens is 1. The molecule has 1 fully saturated rings. The number of hydrogen-bond donors (Lipinski definition) is 1. The zero-order valence-corrected chi connectivity index (χ0v) is 13.2. The maximum atomic E-state index is 12.9. The van der Waals surface area contributed by atoms with Gasteiger partial charge < -0.3 is 5.32 Å². The Morgan fingerprint density at radius 1 is 1.39 bits per heavy atom. The van der Waals surface area contributed by atoms with Crippen molar-refractivity contribution in [1.82, 2.24) is 9.97 Å². The van der Waals surface area contributed by atoms with E-state index in [0.717, 1.165) is 27.0 Å². The third-order valence-electron chi connectivity index (χ3n) is 3.95. The number of aromatic nitrogens is 2. The van der Waals surface area contributed by atoms with Crippen molar-refractivity contribution >= 4 is 32.6 Å². The number of carbonyl (C=O) groups excluding carboxylic acids is 1. The lowest BCUT2D eigenvalue weighted by Gasteiger charge is -2.03. The maximum Gasteiger partial charge on any atom is 0.232 e. The van der Waals surface area contributed by atoms with Crippen molar-refractivity contribution in [1.29, 1.82) is 0 Å². The summed E-state index contributed by atoms with van der Waals surface area (Å²) in [5, 5.41) is 3.22. The van der Waals surface area contributed by atoms with Gasteiger partial charge in [0.1, 0.15) is 6.17 Å². The van der Waals surface area contributed by atoms with Crippen LogP contribution < -0.4 is 5.32 Å². The second kappa shape index (κ2) is 5.38. The van der Waals surface area contributed by atoms with E-state index in [1.165, 1.54) is 11.3 Å². The smallest absolute Gasteiger partial charge is 0.232 e. The van der Waals surface area contributed by atoms with E-state index >= 15 is 0 Å². The number of alkyl halides is 1. The third kappa shape index (κ3) is 2.70. The highest BCUT2D eigenvalue weighted by molar-refractivity contribution is 7.22. The topological polar surface area (TPSA) is 54.9 Å². The maximum absolute atomic E-state index is 12.9. The molecule has 1 aliphatic rings. The van der Waals surface area contributed by atoms with Crippen LogP contribution in [0.4, 0.5) is 9.52 Å². The summed E-state index contributed by atoms with van der Waals surface area (Å²) in [5.74, 6) is -0.786. The molecule has 2 heterocycles. The molecule has 0 aliphatic heterocycles. The molecule has 1 saturated carbocycles. The Balaban J connectivity index is 1.64. The minimum atomic E-state index is -0.997. The number of thiazole rings is 1.